The molecule has 0 saturated heterocycles. The average Bonchev–Trinajstić information content (AvgIpc) is 3.07. The van der Waals surface area contributed by atoms with Crippen molar-refractivity contribution in [2.45, 2.75) is 39.7 Å². The van der Waals surface area contributed by atoms with Gasteiger partial charge in [-0.05, 0) is 25.3 Å². The van der Waals surface area contributed by atoms with Gasteiger partial charge in [-0.1, -0.05) is 30.6 Å². The zero-order valence-electron chi connectivity index (χ0n) is 16.3. The Bertz CT molecular complexity index is 899. The topological polar surface area (TPSA) is 140 Å². The molecule has 1 aromatic heterocycles. The summed E-state index contributed by atoms with van der Waals surface area (Å²) in [5.74, 6) is -0.0580. The zero-order valence-corrected chi connectivity index (χ0v) is 17.0. The fourth-order valence-electron chi connectivity index (χ4n) is 2.56. The van der Waals surface area contributed by atoms with Gasteiger partial charge >= 0.3 is 0 Å². The average molecular weight is 424 g/mol. The molecule has 0 aliphatic rings. The van der Waals surface area contributed by atoms with E-state index in [1.54, 1.807) is 20.8 Å². The highest BCUT2D eigenvalue weighted by Gasteiger charge is 2.25. The lowest BCUT2D eigenvalue weighted by atomic mass is 10.0. The number of nitro groups is 1. The monoisotopic (exact) mass is 423 g/mol. The van der Waals surface area contributed by atoms with Crippen molar-refractivity contribution in [3.63, 3.8) is 0 Å². The molecule has 0 radical (unpaired) electrons. The fourth-order valence-corrected chi connectivity index (χ4v) is 2.82. The lowest BCUT2D eigenvalue weighted by Gasteiger charge is -2.22. The molecule has 29 heavy (non-hydrogen) atoms. The van der Waals surface area contributed by atoms with E-state index in [2.05, 4.69) is 20.8 Å². The quantitative estimate of drug-likeness (QED) is 0.358. The first-order chi connectivity index (χ1) is 13.7. The largest absolute Gasteiger partial charge is 0.354 e. The summed E-state index contributed by atoms with van der Waals surface area (Å²) < 4.78 is 5.01. The molecule has 0 spiro atoms. The van der Waals surface area contributed by atoms with Gasteiger partial charge in [0.15, 0.2) is 5.82 Å². The van der Waals surface area contributed by atoms with E-state index < -0.39 is 16.9 Å². The van der Waals surface area contributed by atoms with E-state index in [1.807, 2.05) is 0 Å². The van der Waals surface area contributed by atoms with Gasteiger partial charge in [-0.25, -0.2) is 0 Å². The SMILES string of the molecule is Cc1noc(CCCNC(=O)C(NC(=O)c2ccc([N+](=O)[O-])cc2Cl)C(C)C)n1. The number of benzene rings is 1. The van der Waals surface area contributed by atoms with Gasteiger partial charge in [0, 0.05) is 25.1 Å². The number of aromatic nitrogens is 2. The number of nitrogens with one attached hydrogen (secondary N) is 2. The van der Waals surface area contributed by atoms with Gasteiger partial charge in [0.05, 0.1) is 15.5 Å². The van der Waals surface area contributed by atoms with Gasteiger partial charge in [0.1, 0.15) is 6.04 Å². The van der Waals surface area contributed by atoms with Crippen LogP contribution in [0.3, 0.4) is 0 Å². The number of nitrogens with zero attached hydrogens (tertiary/aromatic N) is 3. The van der Waals surface area contributed by atoms with Crippen LogP contribution in [0.4, 0.5) is 5.69 Å². The van der Waals surface area contributed by atoms with Crippen LogP contribution in [0.15, 0.2) is 22.7 Å². The number of nitro benzene ring substituents is 1. The Labute approximate surface area is 172 Å². The molecular formula is C18H22ClN5O5. The van der Waals surface area contributed by atoms with Crippen LogP contribution in [-0.4, -0.2) is 39.5 Å². The number of non-ortho nitro benzene ring substituents is 1. The first-order valence-electron chi connectivity index (χ1n) is 9.00. The van der Waals surface area contributed by atoms with Gasteiger partial charge in [-0.3, -0.25) is 19.7 Å². The smallest absolute Gasteiger partial charge is 0.270 e. The molecule has 11 heteroatoms. The summed E-state index contributed by atoms with van der Waals surface area (Å²) in [6.45, 7) is 5.69. The van der Waals surface area contributed by atoms with E-state index in [0.29, 0.717) is 31.1 Å². The number of carbonyl (C=O) groups excluding carboxylic acids is 2. The third kappa shape index (κ3) is 6.24. The van der Waals surface area contributed by atoms with Gasteiger partial charge in [-0.15, -0.1) is 0 Å². The molecule has 0 fully saturated rings. The summed E-state index contributed by atoms with van der Waals surface area (Å²) in [5.41, 5.74) is -0.163. The van der Waals surface area contributed by atoms with Crippen LogP contribution in [0.5, 0.6) is 0 Å². The lowest BCUT2D eigenvalue weighted by molar-refractivity contribution is -0.384. The molecule has 0 bridgehead atoms. The van der Waals surface area contributed by atoms with E-state index in [-0.39, 0.29) is 28.1 Å². The number of hydrogen-bond acceptors (Lipinski definition) is 7. The van der Waals surface area contributed by atoms with Gasteiger partial charge in [-0.2, -0.15) is 4.98 Å². The second kappa shape index (κ2) is 9.97. The first kappa shape index (κ1) is 22.3. The van der Waals surface area contributed by atoms with E-state index in [0.717, 1.165) is 6.07 Å². The van der Waals surface area contributed by atoms with E-state index in [4.69, 9.17) is 16.1 Å². The fraction of sp³-hybridized carbons (Fsp3) is 0.444. The third-order valence-electron chi connectivity index (χ3n) is 4.08. The molecule has 1 heterocycles. The minimum absolute atomic E-state index is 0.0579. The predicted molar refractivity (Wildman–Crippen MR) is 105 cm³/mol. The lowest BCUT2D eigenvalue weighted by Crippen LogP contribution is -2.50. The maximum atomic E-state index is 12.5. The van der Waals surface area contributed by atoms with Gasteiger partial charge in [0.2, 0.25) is 11.8 Å². The van der Waals surface area contributed by atoms with Crippen LogP contribution in [-0.2, 0) is 11.2 Å². The van der Waals surface area contributed by atoms with Crippen LogP contribution >= 0.6 is 11.6 Å². The molecule has 0 aliphatic carbocycles. The highest BCUT2D eigenvalue weighted by Crippen LogP contribution is 2.22. The molecule has 2 N–H and O–H groups in total. The van der Waals surface area contributed by atoms with Crippen LogP contribution in [0.1, 0.15) is 42.3 Å². The summed E-state index contributed by atoms with van der Waals surface area (Å²) >= 11 is 5.99. The number of carbonyl (C=O) groups is 2. The number of rotatable bonds is 9. The maximum Gasteiger partial charge on any atom is 0.270 e. The molecule has 1 atom stereocenters. The molecule has 2 rings (SSSR count). The third-order valence-corrected chi connectivity index (χ3v) is 4.39. The summed E-state index contributed by atoms with van der Waals surface area (Å²) in [6.07, 6.45) is 1.12. The molecule has 0 aliphatic heterocycles. The molecular weight excluding hydrogens is 402 g/mol. The number of aryl methyl sites for hydroxylation is 2. The van der Waals surface area contributed by atoms with Gasteiger partial charge in [0.25, 0.3) is 11.6 Å². The summed E-state index contributed by atoms with van der Waals surface area (Å²) in [5, 5.41) is 19.8. The second-order valence-corrected chi connectivity index (χ2v) is 7.15. The van der Waals surface area contributed by atoms with Crippen molar-refractivity contribution in [2.24, 2.45) is 5.92 Å². The van der Waals surface area contributed by atoms with Crippen molar-refractivity contribution in [1.29, 1.82) is 0 Å². The number of amides is 2. The van der Waals surface area contributed by atoms with Crippen LogP contribution in [0.2, 0.25) is 5.02 Å². The molecule has 1 aromatic carbocycles. The summed E-state index contributed by atoms with van der Waals surface area (Å²) in [6, 6.07) is 2.75. The molecule has 2 amide bonds. The van der Waals surface area contributed by atoms with Crippen molar-refractivity contribution in [1.82, 2.24) is 20.8 Å². The molecule has 0 saturated carbocycles. The summed E-state index contributed by atoms with van der Waals surface area (Å²) in [4.78, 5) is 39.3. The number of halogens is 1. The Balaban J connectivity index is 1.93. The normalized spacial score (nSPS) is 11.9. The Morgan fingerprint density at radius 1 is 1.34 bits per heavy atom. The minimum atomic E-state index is -0.792. The molecule has 156 valence electrons. The Kier molecular flexibility index (Phi) is 7.66. The van der Waals surface area contributed by atoms with Gasteiger partial charge < -0.3 is 15.2 Å². The molecule has 1 unspecified atom stereocenters. The van der Waals surface area contributed by atoms with Crippen molar-refractivity contribution in [3.8, 4) is 0 Å². The minimum Gasteiger partial charge on any atom is -0.354 e. The standard InChI is InChI=1S/C18H22ClN5O5/c1-10(2)16(18(26)20-8-4-5-15-21-11(3)23-29-15)22-17(25)13-7-6-12(24(27)28)9-14(13)19/h6-7,9-10,16H,4-5,8H2,1-3H3,(H,20,26)(H,22,25). The van der Waals surface area contributed by atoms with Crippen molar-refractivity contribution in [3.05, 3.63) is 50.6 Å². The molecule has 2 aromatic rings. The van der Waals surface area contributed by atoms with E-state index in [1.165, 1.54) is 12.1 Å². The zero-order chi connectivity index (χ0) is 21.6. The predicted octanol–water partition coefficient (Wildman–Crippen LogP) is 2.44. The Hall–Kier alpha value is -3.01. The second-order valence-electron chi connectivity index (χ2n) is 6.75. The maximum absolute atomic E-state index is 12.5. The van der Waals surface area contributed by atoms with Crippen molar-refractivity contribution in [2.75, 3.05) is 6.54 Å². The van der Waals surface area contributed by atoms with Crippen LogP contribution < -0.4 is 10.6 Å². The van der Waals surface area contributed by atoms with Crippen LogP contribution in [0, 0.1) is 23.0 Å². The highest BCUT2D eigenvalue weighted by molar-refractivity contribution is 6.34. The van der Waals surface area contributed by atoms with Crippen molar-refractivity contribution < 1.29 is 19.0 Å². The Morgan fingerprint density at radius 3 is 2.62 bits per heavy atom. The summed E-state index contributed by atoms with van der Waals surface area (Å²) in [7, 11) is 0. The van der Waals surface area contributed by atoms with E-state index in [9.17, 15) is 19.7 Å². The molecule has 10 nitrogen and oxygen atoms in total. The van der Waals surface area contributed by atoms with Crippen LogP contribution in [0.25, 0.3) is 0 Å². The first-order valence-corrected chi connectivity index (χ1v) is 9.38. The number of hydrogen-bond donors (Lipinski definition) is 2. The van der Waals surface area contributed by atoms with Crippen molar-refractivity contribution >= 4 is 29.1 Å². The highest BCUT2D eigenvalue weighted by atomic mass is 35.5. The Morgan fingerprint density at radius 2 is 2.07 bits per heavy atom. The van der Waals surface area contributed by atoms with E-state index >= 15 is 0 Å².